The third-order valence-corrected chi connectivity index (χ3v) is 5.60. The van der Waals surface area contributed by atoms with Gasteiger partial charge in [0, 0.05) is 5.56 Å². The molecule has 140 valence electrons. The van der Waals surface area contributed by atoms with Gasteiger partial charge in [-0.3, -0.25) is 4.79 Å². The molecule has 6 heteroatoms. The molecular weight excluding hydrogens is 370 g/mol. The number of carbonyl (C=O) groups excluding carboxylic acids is 1. The molecule has 1 saturated heterocycles. The van der Waals surface area contributed by atoms with E-state index in [4.69, 9.17) is 4.74 Å². The molecular formula is C22H19N3O2S. The largest absolute Gasteiger partial charge is 0.497 e. The Morgan fingerprint density at radius 2 is 1.86 bits per heavy atom. The second kappa shape index (κ2) is 8.27. The summed E-state index contributed by atoms with van der Waals surface area (Å²) in [5.74, 6) is 0.761. The lowest BCUT2D eigenvalue weighted by Gasteiger charge is -2.06. The van der Waals surface area contributed by atoms with Gasteiger partial charge in [0.15, 0.2) is 5.17 Å². The first-order valence-corrected chi connectivity index (χ1v) is 9.80. The number of rotatable bonds is 5. The van der Waals surface area contributed by atoms with Crippen molar-refractivity contribution in [3.63, 3.8) is 0 Å². The lowest BCUT2D eigenvalue weighted by molar-refractivity contribution is -0.118. The number of fused-ring (bicyclic) bond motifs is 1. The molecule has 1 unspecified atom stereocenters. The van der Waals surface area contributed by atoms with Crippen molar-refractivity contribution in [3.8, 4) is 5.75 Å². The molecule has 3 aromatic rings. The fraction of sp³-hybridized carbons (Fsp3) is 0.136. The highest BCUT2D eigenvalue weighted by Crippen LogP contribution is 2.24. The Kier molecular flexibility index (Phi) is 5.39. The minimum atomic E-state index is -0.208. The highest BCUT2D eigenvalue weighted by molar-refractivity contribution is 8.15. The molecule has 0 bridgehead atoms. The second-order valence-electron chi connectivity index (χ2n) is 6.37. The van der Waals surface area contributed by atoms with Crippen molar-refractivity contribution in [2.75, 3.05) is 7.11 Å². The van der Waals surface area contributed by atoms with E-state index in [1.807, 2.05) is 48.5 Å². The van der Waals surface area contributed by atoms with Gasteiger partial charge in [0.2, 0.25) is 5.91 Å². The first-order chi connectivity index (χ1) is 13.7. The molecule has 1 atom stereocenters. The highest BCUT2D eigenvalue weighted by Gasteiger charge is 2.30. The van der Waals surface area contributed by atoms with Crippen molar-refractivity contribution in [2.24, 2.45) is 10.2 Å². The quantitative estimate of drug-likeness (QED) is 0.530. The average molecular weight is 389 g/mol. The van der Waals surface area contributed by atoms with E-state index >= 15 is 0 Å². The van der Waals surface area contributed by atoms with Crippen LogP contribution in [-0.2, 0) is 11.2 Å². The molecule has 1 heterocycles. The number of nitrogens with one attached hydrogen (secondary N) is 1. The molecule has 1 aliphatic rings. The Labute approximate surface area is 167 Å². The molecule has 28 heavy (non-hydrogen) atoms. The molecule has 0 aliphatic carbocycles. The minimum Gasteiger partial charge on any atom is -0.497 e. The standard InChI is InChI=1S/C22H19N3O2S/c1-27-18-11-9-15(10-12-18)13-20-21(26)24-22(28-20)25-23-14-17-7-4-6-16-5-2-3-8-19(16)17/h2-12,14,20H,13H2,1H3,(H,24,25,26). The third kappa shape index (κ3) is 4.07. The SMILES string of the molecule is COc1ccc(CC2S/C(=N\N=Cc3cccc4ccccc34)NC2=O)cc1. The number of amides is 1. The van der Waals surface area contributed by atoms with E-state index in [9.17, 15) is 4.79 Å². The number of ether oxygens (including phenoxy) is 1. The van der Waals surface area contributed by atoms with Crippen LogP contribution in [0.15, 0.2) is 76.9 Å². The molecule has 1 fully saturated rings. The van der Waals surface area contributed by atoms with Gasteiger partial charge >= 0.3 is 0 Å². The van der Waals surface area contributed by atoms with Gasteiger partial charge in [-0.05, 0) is 34.9 Å². The summed E-state index contributed by atoms with van der Waals surface area (Å²) < 4.78 is 5.17. The summed E-state index contributed by atoms with van der Waals surface area (Å²) in [7, 11) is 1.64. The highest BCUT2D eigenvalue weighted by atomic mass is 32.2. The summed E-state index contributed by atoms with van der Waals surface area (Å²) in [5, 5.41) is 13.8. The molecule has 0 spiro atoms. The topological polar surface area (TPSA) is 63.1 Å². The van der Waals surface area contributed by atoms with Crippen LogP contribution >= 0.6 is 11.8 Å². The molecule has 4 rings (SSSR count). The number of benzene rings is 3. The van der Waals surface area contributed by atoms with Crippen molar-refractivity contribution in [1.29, 1.82) is 0 Å². The van der Waals surface area contributed by atoms with Gasteiger partial charge in [0.25, 0.3) is 0 Å². The fourth-order valence-corrected chi connectivity index (χ4v) is 4.03. The molecule has 0 aromatic heterocycles. The number of hydrogen-bond donors (Lipinski definition) is 1. The van der Waals surface area contributed by atoms with E-state index in [2.05, 4.69) is 33.7 Å². The van der Waals surface area contributed by atoms with Crippen molar-refractivity contribution >= 4 is 39.8 Å². The summed E-state index contributed by atoms with van der Waals surface area (Å²) in [6, 6.07) is 21.9. The van der Waals surface area contributed by atoms with Crippen LogP contribution in [0.3, 0.4) is 0 Å². The lowest BCUT2D eigenvalue weighted by atomic mass is 10.1. The van der Waals surface area contributed by atoms with Crippen LogP contribution in [0.2, 0.25) is 0 Å². The van der Waals surface area contributed by atoms with E-state index < -0.39 is 0 Å². The summed E-state index contributed by atoms with van der Waals surface area (Å²) in [5.41, 5.74) is 2.07. The van der Waals surface area contributed by atoms with Crippen molar-refractivity contribution in [1.82, 2.24) is 5.32 Å². The van der Waals surface area contributed by atoms with Crippen LogP contribution in [0, 0.1) is 0 Å². The average Bonchev–Trinajstić information content (AvgIpc) is 3.08. The van der Waals surface area contributed by atoms with Crippen LogP contribution in [0.1, 0.15) is 11.1 Å². The predicted molar refractivity (Wildman–Crippen MR) is 115 cm³/mol. The smallest absolute Gasteiger partial charge is 0.239 e. The van der Waals surface area contributed by atoms with Crippen molar-refractivity contribution in [2.45, 2.75) is 11.7 Å². The van der Waals surface area contributed by atoms with Gasteiger partial charge in [-0.15, -0.1) is 5.10 Å². The molecule has 1 N–H and O–H groups in total. The molecule has 1 amide bonds. The molecule has 0 saturated carbocycles. The Bertz CT molecular complexity index is 1060. The monoisotopic (exact) mass is 389 g/mol. The Morgan fingerprint density at radius 3 is 2.68 bits per heavy atom. The number of methoxy groups -OCH3 is 1. The van der Waals surface area contributed by atoms with E-state index in [0.717, 1.165) is 27.6 Å². The van der Waals surface area contributed by atoms with Gasteiger partial charge in [-0.25, -0.2) is 0 Å². The maximum atomic E-state index is 12.2. The molecule has 0 radical (unpaired) electrons. The zero-order chi connectivity index (χ0) is 19.3. The van der Waals surface area contributed by atoms with Crippen LogP contribution in [-0.4, -0.2) is 29.6 Å². The first kappa shape index (κ1) is 18.3. The number of hydrogen-bond acceptors (Lipinski definition) is 5. The van der Waals surface area contributed by atoms with Gasteiger partial charge < -0.3 is 10.1 Å². The third-order valence-electron chi connectivity index (χ3n) is 4.53. The Morgan fingerprint density at radius 1 is 1.07 bits per heavy atom. The van der Waals surface area contributed by atoms with E-state index in [1.165, 1.54) is 11.8 Å². The maximum absolute atomic E-state index is 12.2. The van der Waals surface area contributed by atoms with E-state index in [-0.39, 0.29) is 11.2 Å². The van der Waals surface area contributed by atoms with Gasteiger partial charge in [-0.2, -0.15) is 5.10 Å². The summed E-state index contributed by atoms with van der Waals surface area (Å²) in [6.45, 7) is 0. The second-order valence-corrected chi connectivity index (χ2v) is 7.56. The fourth-order valence-electron chi connectivity index (χ4n) is 3.07. The summed E-state index contributed by atoms with van der Waals surface area (Å²) >= 11 is 1.41. The van der Waals surface area contributed by atoms with Crippen molar-refractivity contribution in [3.05, 3.63) is 77.9 Å². The number of amidine groups is 1. The summed E-state index contributed by atoms with van der Waals surface area (Å²) in [4.78, 5) is 12.2. The normalized spacial score (nSPS) is 18.1. The van der Waals surface area contributed by atoms with Crippen LogP contribution in [0.25, 0.3) is 10.8 Å². The first-order valence-electron chi connectivity index (χ1n) is 8.92. The maximum Gasteiger partial charge on any atom is 0.239 e. The number of nitrogens with zero attached hydrogens (tertiary/aromatic N) is 2. The lowest BCUT2D eigenvalue weighted by Crippen LogP contribution is -2.25. The molecule has 5 nitrogen and oxygen atoms in total. The van der Waals surface area contributed by atoms with Gasteiger partial charge in [0.05, 0.1) is 18.6 Å². The number of thioether (sulfide) groups is 1. The Balaban J connectivity index is 1.44. The van der Waals surface area contributed by atoms with Crippen LogP contribution < -0.4 is 10.1 Å². The Hall–Kier alpha value is -3.12. The predicted octanol–water partition coefficient (Wildman–Crippen LogP) is 4.01. The van der Waals surface area contributed by atoms with Crippen LogP contribution in [0.5, 0.6) is 5.75 Å². The van der Waals surface area contributed by atoms with Gasteiger partial charge in [-0.1, -0.05) is 66.4 Å². The van der Waals surface area contributed by atoms with Crippen LogP contribution in [0.4, 0.5) is 0 Å². The number of carbonyl (C=O) groups is 1. The van der Waals surface area contributed by atoms with Gasteiger partial charge in [0.1, 0.15) is 5.75 Å². The minimum absolute atomic E-state index is 0.0417. The summed E-state index contributed by atoms with van der Waals surface area (Å²) in [6.07, 6.45) is 2.35. The van der Waals surface area contributed by atoms with E-state index in [1.54, 1.807) is 13.3 Å². The molecule has 1 aliphatic heterocycles. The van der Waals surface area contributed by atoms with Crippen molar-refractivity contribution < 1.29 is 9.53 Å². The van der Waals surface area contributed by atoms with E-state index in [0.29, 0.717) is 11.6 Å². The molecule has 3 aromatic carbocycles. The zero-order valence-corrected chi connectivity index (χ0v) is 16.1. The zero-order valence-electron chi connectivity index (χ0n) is 15.3.